The van der Waals surface area contributed by atoms with Crippen LogP contribution in [0.2, 0.25) is 0 Å². The Hall–Kier alpha value is -6.72. The van der Waals surface area contributed by atoms with E-state index < -0.39 is 12.6 Å². The Morgan fingerprint density at radius 3 is 1.74 bits per heavy atom. The summed E-state index contributed by atoms with van der Waals surface area (Å²) in [6.45, 7) is 0. The van der Waals surface area contributed by atoms with Gasteiger partial charge in [0.1, 0.15) is 0 Å². The number of hydrogen-bond acceptors (Lipinski definition) is 2. The molecule has 254 valence electrons. The molecule has 1 unspecified atom stereocenters. The molecular weight excluding hydrogens is 676 g/mol. The van der Waals surface area contributed by atoms with Crippen molar-refractivity contribution in [2.24, 2.45) is 0 Å². The molecule has 10 rings (SSSR count). The van der Waals surface area contributed by atoms with Gasteiger partial charge in [0.25, 0.3) is 0 Å². The lowest BCUT2D eigenvalue weighted by molar-refractivity contribution is 0.592. The summed E-state index contributed by atoms with van der Waals surface area (Å²) in [4.78, 5) is 0. The average molecular weight is 709 g/mol. The third-order valence-electron chi connectivity index (χ3n) is 11.2. The van der Waals surface area contributed by atoms with Crippen LogP contribution >= 0.6 is 7.14 Å². The van der Waals surface area contributed by atoms with Gasteiger partial charge in [0.05, 0.1) is 28.1 Å². The topological polar surface area (TPSA) is 45.8 Å². The minimum atomic E-state index is -3.43. The van der Waals surface area contributed by atoms with Crippen molar-refractivity contribution in [2.45, 2.75) is 5.41 Å². The summed E-state index contributed by atoms with van der Waals surface area (Å²) in [6, 6.07) is 71.3. The number of fused-ring (bicyclic) bond motifs is 6. The van der Waals surface area contributed by atoms with Gasteiger partial charge in [-0.2, -0.15) is 5.26 Å². The predicted molar refractivity (Wildman–Crippen MR) is 222 cm³/mol. The molecule has 1 atom stereocenters. The largest absolute Gasteiger partial charge is 0.309 e. The highest BCUT2D eigenvalue weighted by atomic mass is 31.2. The number of nitrogens with zero attached hydrogens (tertiary/aromatic N) is 2. The summed E-state index contributed by atoms with van der Waals surface area (Å²) < 4.78 is 18.3. The summed E-state index contributed by atoms with van der Waals surface area (Å²) in [5.74, 6) is 0. The average Bonchev–Trinajstić information content (AvgIpc) is 3.75. The maximum atomic E-state index is 15.9. The summed E-state index contributed by atoms with van der Waals surface area (Å²) >= 11 is 0. The maximum absolute atomic E-state index is 15.9. The van der Waals surface area contributed by atoms with Crippen molar-refractivity contribution in [1.29, 1.82) is 5.26 Å². The van der Waals surface area contributed by atoms with Crippen molar-refractivity contribution in [3.05, 3.63) is 228 Å². The molecule has 9 aromatic rings. The van der Waals surface area contributed by atoms with Crippen LogP contribution in [-0.4, -0.2) is 4.57 Å². The van der Waals surface area contributed by atoms with E-state index in [4.69, 9.17) is 0 Å². The zero-order valence-electron chi connectivity index (χ0n) is 29.3. The fourth-order valence-corrected chi connectivity index (χ4v) is 11.6. The van der Waals surface area contributed by atoms with Crippen LogP contribution < -0.4 is 15.9 Å². The van der Waals surface area contributed by atoms with E-state index in [1.54, 1.807) is 12.1 Å². The first-order valence-corrected chi connectivity index (χ1v) is 19.9. The molecule has 0 bridgehead atoms. The monoisotopic (exact) mass is 708 g/mol. The van der Waals surface area contributed by atoms with Gasteiger partial charge in [0.15, 0.2) is 7.14 Å². The highest BCUT2D eigenvalue weighted by molar-refractivity contribution is 7.85. The molecule has 4 heteroatoms. The second-order valence-corrected chi connectivity index (χ2v) is 16.7. The maximum Gasteiger partial charge on any atom is 0.171 e. The number of aromatic nitrogens is 1. The van der Waals surface area contributed by atoms with Gasteiger partial charge in [-0.15, -0.1) is 0 Å². The first kappa shape index (κ1) is 32.0. The van der Waals surface area contributed by atoms with E-state index in [0.29, 0.717) is 10.9 Å². The lowest BCUT2D eigenvalue weighted by Crippen LogP contribution is -2.31. The lowest BCUT2D eigenvalue weighted by atomic mass is 9.67. The Morgan fingerprint density at radius 1 is 0.463 bits per heavy atom. The molecule has 3 nitrogen and oxygen atoms in total. The van der Waals surface area contributed by atoms with Gasteiger partial charge in [0, 0.05) is 32.4 Å². The smallest absolute Gasteiger partial charge is 0.171 e. The number of benzene rings is 8. The van der Waals surface area contributed by atoms with Crippen molar-refractivity contribution in [2.75, 3.05) is 0 Å². The quantitative estimate of drug-likeness (QED) is 0.161. The van der Waals surface area contributed by atoms with E-state index >= 15 is 4.57 Å². The van der Waals surface area contributed by atoms with Gasteiger partial charge in [-0.05, 0) is 81.9 Å². The molecule has 1 aromatic heterocycles. The van der Waals surface area contributed by atoms with E-state index in [-0.39, 0.29) is 0 Å². The molecule has 0 radical (unpaired) electrons. The molecule has 0 saturated heterocycles. The number of rotatable bonds is 6. The van der Waals surface area contributed by atoms with Crippen LogP contribution in [-0.2, 0) is 9.98 Å². The van der Waals surface area contributed by atoms with Crippen molar-refractivity contribution < 1.29 is 4.57 Å². The highest BCUT2D eigenvalue weighted by Crippen LogP contribution is 2.57. The molecular formula is C50H33N2OP. The van der Waals surface area contributed by atoms with Gasteiger partial charge in [-0.25, -0.2) is 0 Å². The van der Waals surface area contributed by atoms with Crippen LogP contribution in [0.5, 0.6) is 0 Å². The fourth-order valence-electron chi connectivity index (χ4n) is 8.88. The Balaban J connectivity index is 1.29. The van der Waals surface area contributed by atoms with Crippen molar-refractivity contribution in [3.63, 3.8) is 0 Å². The summed E-state index contributed by atoms with van der Waals surface area (Å²) in [5, 5.41) is 14.3. The summed E-state index contributed by atoms with van der Waals surface area (Å²) in [7, 11) is -3.43. The van der Waals surface area contributed by atoms with Crippen molar-refractivity contribution in [1.82, 2.24) is 4.57 Å². The first-order valence-electron chi connectivity index (χ1n) is 18.2. The van der Waals surface area contributed by atoms with Gasteiger partial charge >= 0.3 is 0 Å². The minimum Gasteiger partial charge on any atom is -0.309 e. The van der Waals surface area contributed by atoms with Crippen LogP contribution in [0.3, 0.4) is 0 Å². The predicted octanol–water partition coefficient (Wildman–Crippen LogP) is 10.7. The molecule has 1 aliphatic carbocycles. The fraction of sp³-hybridized carbons (Fsp3) is 0.0200. The second-order valence-electron chi connectivity index (χ2n) is 13.9. The lowest BCUT2D eigenvalue weighted by Gasteiger charge is -2.35. The van der Waals surface area contributed by atoms with E-state index in [1.165, 1.54) is 33.0 Å². The number of hydrogen-bond donors (Lipinski definition) is 0. The molecule has 8 aromatic carbocycles. The Morgan fingerprint density at radius 2 is 1.02 bits per heavy atom. The Bertz CT molecular complexity index is 2950. The van der Waals surface area contributed by atoms with E-state index in [0.717, 1.165) is 38.5 Å². The molecule has 0 saturated carbocycles. The molecule has 0 amide bonds. The SMILES string of the molecule is N#Cc1cccc(P(=O)(c2ccccc2)c2cccc(C3(c4ccc5c(c4)c4ccccc4n5-c4ccccc4)c4ccccc4-c4ccccc43)c2)c1. The first-order chi connectivity index (χ1) is 26.6. The van der Waals surface area contributed by atoms with Crippen LogP contribution in [0.1, 0.15) is 27.8 Å². The molecule has 1 heterocycles. The van der Waals surface area contributed by atoms with Gasteiger partial charge < -0.3 is 9.13 Å². The molecule has 0 N–H and O–H groups in total. The molecule has 1 aliphatic rings. The van der Waals surface area contributed by atoms with Gasteiger partial charge in [0.2, 0.25) is 0 Å². The van der Waals surface area contributed by atoms with E-state index in [1.807, 2.05) is 48.5 Å². The zero-order valence-corrected chi connectivity index (χ0v) is 30.2. The molecule has 54 heavy (non-hydrogen) atoms. The minimum absolute atomic E-state index is 0.484. The standard InChI is InChI=1S/C50H33N2OP/c51-34-35-15-13-21-40(31-35)54(53,39-19-5-2-6-20-39)41-22-14-16-36(32-41)50(46-26-10-7-23-42(46)43-24-8-11-27-47(43)50)37-29-30-49-45(33-37)44-25-9-12-28-48(44)52(49)38-17-3-1-4-18-38/h1-33H. The highest BCUT2D eigenvalue weighted by Gasteiger charge is 2.47. The molecule has 0 aliphatic heterocycles. The third kappa shape index (κ3) is 4.58. The number of nitriles is 1. The van der Waals surface area contributed by atoms with Crippen LogP contribution in [0, 0.1) is 11.3 Å². The number of para-hydroxylation sites is 2. The van der Waals surface area contributed by atoms with Gasteiger partial charge in [-0.1, -0.05) is 152 Å². The molecule has 0 fully saturated rings. The third-order valence-corrected chi connectivity index (χ3v) is 14.2. The van der Waals surface area contributed by atoms with Gasteiger partial charge in [-0.3, -0.25) is 0 Å². The van der Waals surface area contributed by atoms with E-state index in [9.17, 15) is 5.26 Å². The summed E-state index contributed by atoms with van der Waals surface area (Å²) in [6.07, 6.45) is 0. The van der Waals surface area contributed by atoms with Crippen LogP contribution in [0.4, 0.5) is 0 Å². The Kier molecular flexibility index (Phi) is 7.37. The van der Waals surface area contributed by atoms with E-state index in [2.05, 4.69) is 150 Å². The molecule has 0 spiro atoms. The summed E-state index contributed by atoms with van der Waals surface area (Å²) in [5.41, 5.74) is 10.1. The van der Waals surface area contributed by atoms with Crippen molar-refractivity contribution >= 4 is 44.9 Å². The normalized spacial score (nSPS) is 13.9. The zero-order chi connectivity index (χ0) is 36.3. The van der Waals surface area contributed by atoms with Crippen LogP contribution in [0.25, 0.3) is 38.6 Å². The Labute approximate surface area is 314 Å². The van der Waals surface area contributed by atoms with Crippen LogP contribution in [0.15, 0.2) is 200 Å². The second kappa shape index (κ2) is 12.5. The van der Waals surface area contributed by atoms with Crippen molar-refractivity contribution in [3.8, 4) is 22.9 Å².